The van der Waals surface area contributed by atoms with Crippen LogP contribution in [-0.2, 0) is 14.9 Å². The summed E-state index contributed by atoms with van der Waals surface area (Å²) in [5.74, 6) is -0.652. The van der Waals surface area contributed by atoms with Gasteiger partial charge < -0.3 is 9.87 Å². The molecule has 0 aromatic carbocycles. The molecule has 5 nitrogen and oxygen atoms in total. The summed E-state index contributed by atoms with van der Waals surface area (Å²) < 4.78 is 30.0. The van der Waals surface area contributed by atoms with Crippen LogP contribution >= 0.6 is 0 Å². The van der Waals surface area contributed by atoms with Crippen molar-refractivity contribution in [1.29, 1.82) is 0 Å². The Kier molecular flexibility index (Phi) is 4.06. The van der Waals surface area contributed by atoms with E-state index in [1.54, 1.807) is 0 Å². The highest BCUT2D eigenvalue weighted by molar-refractivity contribution is 7.85. The Morgan fingerprint density at radius 1 is 1.55 bits per heavy atom. The van der Waals surface area contributed by atoms with Crippen LogP contribution in [0.5, 0.6) is 0 Å². The van der Waals surface area contributed by atoms with E-state index in [0.717, 1.165) is 0 Å². The van der Waals surface area contributed by atoms with Crippen molar-refractivity contribution in [2.75, 3.05) is 12.3 Å². The van der Waals surface area contributed by atoms with Crippen molar-refractivity contribution in [3.63, 3.8) is 0 Å². The van der Waals surface area contributed by atoms with Crippen molar-refractivity contribution in [2.45, 2.75) is 13.3 Å². The minimum absolute atomic E-state index is 0.172. The molecule has 0 atom stereocenters. The van der Waals surface area contributed by atoms with Gasteiger partial charge in [-0.3, -0.25) is 4.79 Å². The fourth-order valence-electron chi connectivity index (χ4n) is 0.513. The second-order valence-corrected chi connectivity index (χ2v) is 3.62. The molecule has 0 aromatic rings. The van der Waals surface area contributed by atoms with Crippen molar-refractivity contribution in [3.8, 4) is 0 Å². The van der Waals surface area contributed by atoms with E-state index in [1.807, 2.05) is 0 Å². The number of nitrogens with one attached hydrogen (secondary N) is 1. The van der Waals surface area contributed by atoms with Crippen LogP contribution in [0.1, 0.15) is 13.3 Å². The summed E-state index contributed by atoms with van der Waals surface area (Å²) in [7, 11) is -4.12. The number of amides is 1. The Hall–Kier alpha value is -0.620. The maximum atomic E-state index is 10.2. The molecule has 0 aromatic heterocycles. The zero-order chi connectivity index (χ0) is 8.91. The number of hydrogen-bond donors (Lipinski definition) is 1. The summed E-state index contributed by atoms with van der Waals surface area (Å²) in [4.78, 5) is 10.2. The highest BCUT2D eigenvalue weighted by atomic mass is 32.2. The summed E-state index contributed by atoms with van der Waals surface area (Å²) in [6.07, 6.45) is 0.172. The predicted octanol–water partition coefficient (Wildman–Crippen LogP) is -0.942. The quantitative estimate of drug-likeness (QED) is 0.446. The van der Waals surface area contributed by atoms with Crippen LogP contribution in [0.15, 0.2) is 0 Å². The summed E-state index contributed by atoms with van der Waals surface area (Å²) in [5.41, 5.74) is 0. The molecule has 0 fully saturated rings. The van der Waals surface area contributed by atoms with Gasteiger partial charge in [-0.15, -0.1) is 0 Å². The van der Waals surface area contributed by atoms with Gasteiger partial charge in [0.2, 0.25) is 5.91 Å². The lowest BCUT2D eigenvalue weighted by molar-refractivity contribution is -0.118. The third-order valence-electron chi connectivity index (χ3n) is 0.945. The number of carbonyl (C=O) groups excluding carboxylic acids is 1. The molecule has 0 rings (SSSR count). The Morgan fingerprint density at radius 2 is 2.09 bits per heavy atom. The minimum Gasteiger partial charge on any atom is -0.748 e. The van der Waals surface area contributed by atoms with Crippen molar-refractivity contribution < 1.29 is 17.8 Å². The Labute approximate surface area is 65.5 Å². The lowest BCUT2D eigenvalue weighted by atomic mass is 10.5. The zero-order valence-electron chi connectivity index (χ0n) is 6.16. The summed E-state index contributed by atoms with van der Waals surface area (Å²) in [6, 6.07) is 0. The van der Waals surface area contributed by atoms with Gasteiger partial charge in [-0.25, -0.2) is 8.42 Å². The van der Waals surface area contributed by atoms with Gasteiger partial charge in [-0.1, -0.05) is 0 Å². The lowest BCUT2D eigenvalue weighted by Gasteiger charge is -2.05. The molecule has 0 spiro atoms. The third-order valence-corrected chi connectivity index (χ3v) is 1.73. The van der Waals surface area contributed by atoms with Crippen LogP contribution in [-0.4, -0.2) is 31.2 Å². The molecule has 1 amide bonds. The van der Waals surface area contributed by atoms with Crippen molar-refractivity contribution in [2.24, 2.45) is 0 Å². The largest absolute Gasteiger partial charge is 0.748 e. The number of hydrogen-bond acceptors (Lipinski definition) is 4. The molecular weight excluding hydrogens is 170 g/mol. The Bertz CT molecular complexity index is 221. The average molecular weight is 180 g/mol. The highest BCUT2D eigenvalue weighted by Gasteiger charge is 1.95. The van der Waals surface area contributed by atoms with E-state index in [4.69, 9.17) is 0 Å². The second-order valence-electron chi connectivity index (χ2n) is 2.10. The third kappa shape index (κ3) is 9.38. The van der Waals surface area contributed by atoms with Gasteiger partial charge in [0.25, 0.3) is 0 Å². The van der Waals surface area contributed by atoms with Crippen LogP contribution in [0.2, 0.25) is 0 Å². The molecule has 0 saturated carbocycles. The maximum Gasteiger partial charge on any atom is 0.216 e. The van der Waals surface area contributed by atoms with Crippen LogP contribution in [0.3, 0.4) is 0 Å². The molecule has 0 heterocycles. The number of rotatable bonds is 4. The smallest absolute Gasteiger partial charge is 0.216 e. The van der Waals surface area contributed by atoms with Crippen LogP contribution < -0.4 is 5.32 Å². The first-order valence-electron chi connectivity index (χ1n) is 3.10. The maximum absolute atomic E-state index is 10.2. The van der Waals surface area contributed by atoms with Gasteiger partial charge in [-0.05, 0) is 6.42 Å². The van der Waals surface area contributed by atoms with Crippen molar-refractivity contribution >= 4 is 16.0 Å². The van der Waals surface area contributed by atoms with Crippen LogP contribution in [0, 0.1) is 0 Å². The van der Waals surface area contributed by atoms with E-state index in [9.17, 15) is 17.8 Å². The zero-order valence-corrected chi connectivity index (χ0v) is 6.98. The molecule has 0 bridgehead atoms. The van der Waals surface area contributed by atoms with E-state index in [-0.39, 0.29) is 18.9 Å². The lowest BCUT2D eigenvalue weighted by Crippen LogP contribution is -2.22. The normalized spacial score (nSPS) is 11.1. The summed E-state index contributed by atoms with van der Waals surface area (Å²) >= 11 is 0. The van der Waals surface area contributed by atoms with Gasteiger partial charge in [0.15, 0.2) is 0 Å². The molecule has 0 aliphatic rings. The predicted molar refractivity (Wildman–Crippen MR) is 37.9 cm³/mol. The first-order valence-corrected chi connectivity index (χ1v) is 4.67. The Balaban J connectivity index is 3.37. The van der Waals surface area contributed by atoms with Gasteiger partial charge in [0.1, 0.15) is 0 Å². The molecule has 0 saturated heterocycles. The molecule has 0 aliphatic carbocycles. The first kappa shape index (κ1) is 10.4. The molecule has 11 heavy (non-hydrogen) atoms. The summed E-state index contributed by atoms with van der Waals surface area (Å²) in [6.45, 7) is 1.56. The van der Waals surface area contributed by atoms with Gasteiger partial charge in [0, 0.05) is 19.2 Å². The molecule has 0 radical (unpaired) electrons. The molecule has 1 N–H and O–H groups in total. The van der Waals surface area contributed by atoms with E-state index in [1.165, 1.54) is 6.92 Å². The molecule has 0 unspecified atom stereocenters. The SMILES string of the molecule is CC(=O)NCCCS(=O)(=O)[O-]. The monoisotopic (exact) mass is 180 g/mol. The number of carbonyl (C=O) groups is 1. The average Bonchev–Trinajstić information content (AvgIpc) is 1.78. The molecular formula is C5H10NO4S-. The minimum atomic E-state index is -4.12. The molecule has 66 valence electrons. The van der Waals surface area contributed by atoms with Crippen LogP contribution in [0.4, 0.5) is 0 Å². The van der Waals surface area contributed by atoms with Gasteiger partial charge >= 0.3 is 0 Å². The fraction of sp³-hybridized carbons (Fsp3) is 0.800. The standard InChI is InChI=1S/C5H11NO4S/c1-5(7)6-3-2-4-11(8,9)10/h2-4H2,1H3,(H,6,7)(H,8,9,10)/p-1. The van der Waals surface area contributed by atoms with E-state index < -0.39 is 15.9 Å². The van der Waals surface area contributed by atoms with Crippen molar-refractivity contribution in [1.82, 2.24) is 5.32 Å². The fourth-order valence-corrected chi connectivity index (χ4v) is 1.01. The van der Waals surface area contributed by atoms with E-state index in [2.05, 4.69) is 5.32 Å². The molecule has 0 aliphatic heterocycles. The van der Waals surface area contributed by atoms with E-state index in [0.29, 0.717) is 0 Å². The summed E-state index contributed by atoms with van der Waals surface area (Å²) in [5, 5.41) is 2.38. The van der Waals surface area contributed by atoms with Gasteiger partial charge in [0.05, 0.1) is 10.1 Å². The molecule has 6 heteroatoms. The topological polar surface area (TPSA) is 86.3 Å². The second kappa shape index (κ2) is 4.30. The van der Waals surface area contributed by atoms with Crippen molar-refractivity contribution in [3.05, 3.63) is 0 Å². The van der Waals surface area contributed by atoms with Crippen LogP contribution in [0.25, 0.3) is 0 Å². The van der Waals surface area contributed by atoms with E-state index >= 15 is 0 Å². The Morgan fingerprint density at radius 3 is 2.45 bits per heavy atom. The van der Waals surface area contributed by atoms with Gasteiger partial charge in [-0.2, -0.15) is 0 Å². The highest BCUT2D eigenvalue weighted by Crippen LogP contribution is 1.85. The first-order chi connectivity index (χ1) is 4.92.